The van der Waals surface area contributed by atoms with Gasteiger partial charge in [0.1, 0.15) is 0 Å². The number of nitrogens with one attached hydrogen (secondary N) is 1. The third-order valence-electron chi connectivity index (χ3n) is 5.90. The van der Waals surface area contributed by atoms with Gasteiger partial charge in [0.15, 0.2) is 0 Å². The van der Waals surface area contributed by atoms with Crippen molar-refractivity contribution in [2.24, 2.45) is 11.8 Å². The first-order valence-electron chi connectivity index (χ1n) is 10.2. The number of hydrogen-bond donors (Lipinski definition) is 1. The molecule has 2 heterocycles. The van der Waals surface area contributed by atoms with E-state index in [2.05, 4.69) is 23.2 Å². The van der Waals surface area contributed by atoms with Crippen LogP contribution in [0.2, 0.25) is 5.02 Å². The largest absolute Gasteiger partial charge is 0.370 e. The van der Waals surface area contributed by atoms with Crippen LogP contribution in [0, 0.1) is 11.8 Å². The fourth-order valence-electron chi connectivity index (χ4n) is 4.12. The molecule has 0 saturated carbocycles. The minimum absolute atomic E-state index is 0.0503. The van der Waals surface area contributed by atoms with Crippen molar-refractivity contribution >= 4 is 40.5 Å². The highest BCUT2D eigenvalue weighted by atomic mass is 35.5. The Bertz CT molecular complexity index is 909. The zero-order chi connectivity index (χ0) is 20.4. The zero-order valence-electron chi connectivity index (χ0n) is 16.6. The summed E-state index contributed by atoms with van der Waals surface area (Å²) in [6, 6.07) is 15.1. The van der Waals surface area contributed by atoms with Crippen LogP contribution in [-0.4, -0.2) is 31.4 Å². The molecule has 0 spiro atoms. The van der Waals surface area contributed by atoms with E-state index in [9.17, 15) is 9.59 Å². The molecule has 0 radical (unpaired) electrons. The Balaban J connectivity index is 1.46. The van der Waals surface area contributed by atoms with Gasteiger partial charge in [-0.1, -0.05) is 36.7 Å². The number of carbonyl (C=O) groups is 2. The second kappa shape index (κ2) is 8.46. The summed E-state index contributed by atoms with van der Waals surface area (Å²) >= 11 is 6.06. The van der Waals surface area contributed by atoms with Gasteiger partial charge >= 0.3 is 0 Å². The lowest BCUT2D eigenvalue weighted by Crippen LogP contribution is -2.34. The van der Waals surface area contributed by atoms with E-state index in [1.165, 1.54) is 0 Å². The van der Waals surface area contributed by atoms with Crippen LogP contribution >= 0.6 is 11.6 Å². The predicted octanol–water partition coefficient (Wildman–Crippen LogP) is 4.57. The topological polar surface area (TPSA) is 52.7 Å². The van der Waals surface area contributed by atoms with Crippen molar-refractivity contribution < 1.29 is 9.59 Å². The summed E-state index contributed by atoms with van der Waals surface area (Å²) < 4.78 is 0. The normalized spacial score (nSPS) is 20.2. The summed E-state index contributed by atoms with van der Waals surface area (Å²) in [7, 11) is 0. The number of halogens is 1. The summed E-state index contributed by atoms with van der Waals surface area (Å²) in [6.07, 6.45) is 2.53. The van der Waals surface area contributed by atoms with Crippen molar-refractivity contribution in [2.45, 2.75) is 26.2 Å². The maximum absolute atomic E-state index is 13.0. The molecule has 0 unspecified atom stereocenters. The van der Waals surface area contributed by atoms with Gasteiger partial charge in [-0.15, -0.1) is 0 Å². The molecule has 0 bridgehead atoms. The van der Waals surface area contributed by atoms with E-state index in [0.29, 0.717) is 11.6 Å². The van der Waals surface area contributed by atoms with Crippen molar-refractivity contribution in [1.82, 2.24) is 0 Å². The molecule has 1 N–H and O–H groups in total. The molecule has 2 aromatic rings. The van der Waals surface area contributed by atoms with E-state index in [1.807, 2.05) is 30.3 Å². The first kappa shape index (κ1) is 19.8. The minimum atomic E-state index is -0.379. The number of nitrogens with zero attached hydrogens (tertiary/aromatic N) is 2. The lowest BCUT2D eigenvalue weighted by Gasteiger charge is -2.33. The molecule has 0 aromatic heterocycles. The highest BCUT2D eigenvalue weighted by Crippen LogP contribution is 2.32. The Hall–Kier alpha value is -2.53. The van der Waals surface area contributed by atoms with Crippen LogP contribution in [-0.2, 0) is 9.59 Å². The van der Waals surface area contributed by atoms with Gasteiger partial charge in [-0.2, -0.15) is 0 Å². The second-order valence-electron chi connectivity index (χ2n) is 8.06. The standard InChI is InChI=1S/C23H26ClN3O2/c1-16-9-11-26(12-10-16)21-8-3-2-7-20(21)25-23(29)17-13-22(28)27(15-17)19-6-4-5-18(24)14-19/h2-8,14,16-17H,9-13,15H2,1H3,(H,25,29)/t17-/m1/s1. The molecule has 29 heavy (non-hydrogen) atoms. The number of amides is 2. The molecular formula is C23H26ClN3O2. The highest BCUT2D eigenvalue weighted by Gasteiger charge is 2.35. The van der Waals surface area contributed by atoms with Crippen LogP contribution in [0.4, 0.5) is 17.1 Å². The second-order valence-corrected chi connectivity index (χ2v) is 8.50. The Morgan fingerprint density at radius 2 is 1.86 bits per heavy atom. The molecule has 2 aromatic carbocycles. The number of rotatable bonds is 4. The van der Waals surface area contributed by atoms with Crippen LogP contribution in [0.15, 0.2) is 48.5 Å². The van der Waals surface area contributed by atoms with Crippen molar-refractivity contribution in [2.75, 3.05) is 34.8 Å². The van der Waals surface area contributed by atoms with Gasteiger partial charge < -0.3 is 15.1 Å². The average Bonchev–Trinajstić information content (AvgIpc) is 3.11. The molecule has 152 valence electrons. The molecule has 5 nitrogen and oxygen atoms in total. The van der Waals surface area contributed by atoms with E-state index in [-0.39, 0.29) is 24.2 Å². The van der Waals surface area contributed by atoms with Crippen LogP contribution in [0.5, 0.6) is 0 Å². The first-order chi connectivity index (χ1) is 14.0. The van der Waals surface area contributed by atoms with Crippen LogP contribution in [0.1, 0.15) is 26.2 Å². The maximum atomic E-state index is 13.0. The van der Waals surface area contributed by atoms with Gasteiger partial charge in [0.2, 0.25) is 11.8 Å². The third-order valence-corrected chi connectivity index (χ3v) is 6.14. The molecular weight excluding hydrogens is 386 g/mol. The number of carbonyl (C=O) groups excluding carboxylic acids is 2. The molecule has 2 aliphatic rings. The lowest BCUT2D eigenvalue weighted by atomic mass is 9.98. The molecule has 2 amide bonds. The summed E-state index contributed by atoms with van der Waals surface area (Å²) in [5.74, 6) is 0.206. The Morgan fingerprint density at radius 3 is 2.62 bits per heavy atom. The molecule has 2 aliphatic heterocycles. The van der Waals surface area contributed by atoms with Crippen molar-refractivity contribution in [1.29, 1.82) is 0 Å². The fourth-order valence-corrected chi connectivity index (χ4v) is 4.30. The monoisotopic (exact) mass is 411 g/mol. The number of benzene rings is 2. The zero-order valence-corrected chi connectivity index (χ0v) is 17.4. The number of piperidine rings is 1. The average molecular weight is 412 g/mol. The summed E-state index contributed by atoms with van der Waals surface area (Å²) in [4.78, 5) is 29.4. The summed E-state index contributed by atoms with van der Waals surface area (Å²) in [6.45, 7) is 4.65. The third kappa shape index (κ3) is 4.40. The number of para-hydroxylation sites is 2. The van der Waals surface area contributed by atoms with Crippen molar-refractivity contribution in [3.63, 3.8) is 0 Å². The maximum Gasteiger partial charge on any atom is 0.229 e. The van der Waals surface area contributed by atoms with E-state index < -0.39 is 0 Å². The molecule has 2 saturated heterocycles. The summed E-state index contributed by atoms with van der Waals surface area (Å²) in [5, 5.41) is 3.66. The van der Waals surface area contributed by atoms with E-state index in [1.54, 1.807) is 17.0 Å². The predicted molar refractivity (Wildman–Crippen MR) is 118 cm³/mol. The van der Waals surface area contributed by atoms with Gasteiger partial charge in [-0.25, -0.2) is 0 Å². The van der Waals surface area contributed by atoms with E-state index >= 15 is 0 Å². The van der Waals surface area contributed by atoms with E-state index in [0.717, 1.165) is 48.9 Å². The quantitative estimate of drug-likeness (QED) is 0.801. The van der Waals surface area contributed by atoms with Crippen LogP contribution < -0.4 is 15.1 Å². The van der Waals surface area contributed by atoms with Crippen molar-refractivity contribution in [3.05, 3.63) is 53.6 Å². The molecule has 4 rings (SSSR count). The van der Waals surface area contributed by atoms with Gasteiger partial charge in [0.25, 0.3) is 0 Å². The fraction of sp³-hybridized carbons (Fsp3) is 0.391. The van der Waals surface area contributed by atoms with Crippen molar-refractivity contribution in [3.8, 4) is 0 Å². The van der Waals surface area contributed by atoms with Crippen LogP contribution in [0.3, 0.4) is 0 Å². The van der Waals surface area contributed by atoms with E-state index in [4.69, 9.17) is 11.6 Å². The molecule has 0 aliphatic carbocycles. The lowest BCUT2D eigenvalue weighted by molar-refractivity contribution is -0.122. The Labute approximate surface area is 176 Å². The Morgan fingerprint density at radius 1 is 1.10 bits per heavy atom. The first-order valence-corrected chi connectivity index (χ1v) is 10.6. The van der Waals surface area contributed by atoms with Gasteiger partial charge in [-0.05, 0) is 49.1 Å². The minimum Gasteiger partial charge on any atom is -0.370 e. The SMILES string of the molecule is CC1CCN(c2ccccc2NC(=O)[C@@H]2CC(=O)N(c3cccc(Cl)c3)C2)CC1. The van der Waals surface area contributed by atoms with Crippen LogP contribution in [0.25, 0.3) is 0 Å². The highest BCUT2D eigenvalue weighted by molar-refractivity contribution is 6.31. The van der Waals surface area contributed by atoms with Gasteiger partial charge in [0.05, 0.1) is 17.3 Å². The number of anilines is 3. The molecule has 2 fully saturated rings. The Kier molecular flexibility index (Phi) is 5.76. The molecule has 1 atom stereocenters. The smallest absolute Gasteiger partial charge is 0.229 e. The molecule has 6 heteroatoms. The van der Waals surface area contributed by atoms with Gasteiger partial charge in [0, 0.05) is 36.8 Å². The number of hydrogen-bond acceptors (Lipinski definition) is 3. The summed E-state index contributed by atoms with van der Waals surface area (Å²) in [5.41, 5.74) is 2.62. The van der Waals surface area contributed by atoms with Gasteiger partial charge in [-0.3, -0.25) is 9.59 Å².